The van der Waals surface area contributed by atoms with Gasteiger partial charge in [-0.2, -0.15) is 0 Å². The first-order chi connectivity index (χ1) is 21.0. The number of carboxylic acids is 1. The van der Waals surface area contributed by atoms with Crippen molar-refractivity contribution in [3.8, 4) is 0 Å². The number of fused-ring (bicyclic) bond motifs is 5. The minimum absolute atomic E-state index is 0.130. The Morgan fingerprint density at radius 1 is 1.00 bits per heavy atom. The number of methoxy groups -OCH3 is 1. The summed E-state index contributed by atoms with van der Waals surface area (Å²) >= 11 is 0. The van der Waals surface area contributed by atoms with Crippen molar-refractivity contribution in [3.63, 3.8) is 0 Å². The fourth-order valence-corrected chi connectivity index (χ4v) is 6.65. The molecule has 1 aromatic heterocycles. The average Bonchev–Trinajstić information content (AvgIpc) is 3.72. The smallest absolute Gasteiger partial charge is 0.321 e. The summed E-state index contributed by atoms with van der Waals surface area (Å²) in [6.45, 7) is 14.0. The van der Waals surface area contributed by atoms with E-state index in [0.717, 1.165) is 56.4 Å². The topological polar surface area (TPSA) is 137 Å². The van der Waals surface area contributed by atoms with Crippen molar-refractivity contribution in [1.29, 1.82) is 0 Å². The van der Waals surface area contributed by atoms with Crippen LogP contribution in [0.4, 0.5) is 0 Å². The van der Waals surface area contributed by atoms with E-state index < -0.39 is 17.9 Å². The van der Waals surface area contributed by atoms with Crippen molar-refractivity contribution < 1.29 is 24.5 Å². The lowest BCUT2D eigenvalue weighted by Crippen LogP contribution is -2.21. The summed E-state index contributed by atoms with van der Waals surface area (Å²) in [7, 11) is 1.27. The van der Waals surface area contributed by atoms with E-state index in [1.54, 1.807) is 0 Å². The van der Waals surface area contributed by atoms with Crippen LogP contribution >= 0.6 is 0 Å². The molecule has 0 saturated carbocycles. The Bertz CT molecular complexity index is 2030. The molecule has 5 heterocycles. The summed E-state index contributed by atoms with van der Waals surface area (Å²) in [6.07, 6.45) is 8.52. The van der Waals surface area contributed by atoms with E-state index in [4.69, 9.17) is 19.7 Å². The summed E-state index contributed by atoms with van der Waals surface area (Å²) in [5.41, 5.74) is 10.9. The van der Waals surface area contributed by atoms with Gasteiger partial charge >= 0.3 is 11.9 Å². The van der Waals surface area contributed by atoms with Crippen LogP contribution in [-0.4, -0.2) is 51.4 Å². The number of aliphatic hydroxyl groups excluding tert-OH is 1. The van der Waals surface area contributed by atoms with E-state index in [2.05, 4.69) is 25.4 Å². The van der Waals surface area contributed by atoms with Gasteiger partial charge in [0.1, 0.15) is 11.7 Å². The number of aromatic nitrogens is 1. The van der Waals surface area contributed by atoms with Gasteiger partial charge in [0.25, 0.3) is 0 Å². The largest absolute Gasteiger partial charge is 0.510 e. The number of aliphatic carboxylic acids is 1. The van der Waals surface area contributed by atoms with Crippen LogP contribution in [0, 0.1) is 12.8 Å². The Labute approximate surface area is 254 Å². The predicted octanol–water partition coefficient (Wildman–Crippen LogP) is 4.84. The number of carbonyl (C=O) groups excluding carboxylic acids is 1. The molecule has 0 spiro atoms. The standard InChI is InChI=1S/C35H34N4O5/c1-8-19-15(3)22-12-24-17(5)21(10-11-28(40)41)32(38-24)30-31(35(43)44-7)34(42)29-18(6)25(39-33(29)30)14-27-20(9-2)16(4)23(37-27)13-26(19)36-22/h8,12-14,31,36,42H,1,9-11H2,2-7H3,(H,40,41)/t31-/m1/s1. The van der Waals surface area contributed by atoms with Gasteiger partial charge in [-0.3, -0.25) is 9.59 Å². The first-order valence-electron chi connectivity index (χ1n) is 14.6. The Hall–Kier alpha value is -5.05. The van der Waals surface area contributed by atoms with Crippen molar-refractivity contribution in [3.05, 3.63) is 96.3 Å². The van der Waals surface area contributed by atoms with E-state index in [1.165, 1.54) is 7.11 Å². The van der Waals surface area contributed by atoms with Crippen LogP contribution in [0.15, 0.2) is 89.5 Å². The molecule has 9 heteroatoms. The van der Waals surface area contributed by atoms with Gasteiger partial charge in [-0.1, -0.05) is 19.6 Å². The molecule has 9 nitrogen and oxygen atoms in total. The van der Waals surface area contributed by atoms with Gasteiger partial charge in [0.05, 0.1) is 41.3 Å². The molecule has 0 fully saturated rings. The van der Waals surface area contributed by atoms with E-state index in [-0.39, 0.29) is 18.6 Å². The molecule has 0 unspecified atom stereocenters. The van der Waals surface area contributed by atoms with Crippen LogP contribution in [0.5, 0.6) is 0 Å². The summed E-state index contributed by atoms with van der Waals surface area (Å²) in [6, 6.07) is 0. The zero-order chi connectivity index (χ0) is 31.6. The van der Waals surface area contributed by atoms with Crippen molar-refractivity contribution >= 4 is 47.3 Å². The van der Waals surface area contributed by atoms with Crippen molar-refractivity contribution in [2.45, 2.75) is 53.9 Å². The second kappa shape index (κ2) is 10.6. The number of carboxylic acid groups (broad SMARTS) is 1. The van der Waals surface area contributed by atoms with E-state index in [9.17, 15) is 19.8 Å². The molecule has 0 amide bonds. The van der Waals surface area contributed by atoms with Gasteiger partial charge in [-0.15, -0.1) is 0 Å². The third-order valence-electron chi connectivity index (χ3n) is 9.09. The number of carbonyl (C=O) groups is 2. The van der Waals surface area contributed by atoms with Crippen LogP contribution in [0.2, 0.25) is 0 Å². The van der Waals surface area contributed by atoms with E-state index in [1.807, 2.05) is 45.1 Å². The molecule has 0 aromatic carbocycles. The molecule has 0 saturated heterocycles. The minimum Gasteiger partial charge on any atom is -0.510 e. The molecule has 0 radical (unpaired) electrons. The Morgan fingerprint density at radius 2 is 1.68 bits per heavy atom. The number of ether oxygens (including phenoxy) is 1. The Balaban J connectivity index is 1.75. The monoisotopic (exact) mass is 590 g/mol. The number of H-pyrrole nitrogens is 1. The number of rotatable bonds is 6. The maximum Gasteiger partial charge on any atom is 0.321 e. The first kappa shape index (κ1) is 29.0. The quantitative estimate of drug-likeness (QED) is 0.408. The Kier molecular flexibility index (Phi) is 6.99. The maximum atomic E-state index is 13.2. The molecule has 224 valence electrons. The third-order valence-corrected chi connectivity index (χ3v) is 9.09. The molecule has 6 rings (SSSR count). The molecule has 1 atom stereocenters. The van der Waals surface area contributed by atoms with Crippen LogP contribution in [0.25, 0.3) is 18.2 Å². The number of nitrogens with one attached hydrogen (secondary N) is 1. The van der Waals surface area contributed by atoms with Crippen LogP contribution < -0.4 is 10.7 Å². The normalized spacial score (nSPS) is 20.5. The number of allylic oxidation sites excluding steroid dienone is 7. The summed E-state index contributed by atoms with van der Waals surface area (Å²) < 4.78 is 5.14. The van der Waals surface area contributed by atoms with Crippen molar-refractivity contribution in [1.82, 2.24) is 4.98 Å². The molecule has 5 aliphatic rings. The average molecular weight is 591 g/mol. The lowest BCUT2D eigenvalue weighted by molar-refractivity contribution is -0.143. The van der Waals surface area contributed by atoms with Crippen LogP contribution in [0.3, 0.4) is 0 Å². The molecule has 4 aliphatic heterocycles. The summed E-state index contributed by atoms with van der Waals surface area (Å²) in [4.78, 5) is 43.4. The fraction of sp³-hybridized carbons (Fsp3) is 0.286. The van der Waals surface area contributed by atoms with Gasteiger partial charge in [0.2, 0.25) is 0 Å². The van der Waals surface area contributed by atoms with Gasteiger partial charge in [0.15, 0.2) is 0 Å². The van der Waals surface area contributed by atoms with E-state index >= 15 is 0 Å². The van der Waals surface area contributed by atoms with Crippen LogP contribution in [0.1, 0.15) is 58.1 Å². The first-order valence-corrected chi connectivity index (χ1v) is 14.6. The highest BCUT2D eigenvalue weighted by molar-refractivity contribution is 6.27. The molecule has 1 aromatic rings. The lowest BCUT2D eigenvalue weighted by atomic mass is 9.92. The number of aliphatic hydroxyl groups is 1. The van der Waals surface area contributed by atoms with Crippen LogP contribution in [-0.2, 0) is 14.3 Å². The maximum absolute atomic E-state index is 13.2. The summed E-state index contributed by atoms with van der Waals surface area (Å²) in [5.74, 6) is -2.89. The highest BCUT2D eigenvalue weighted by Crippen LogP contribution is 2.47. The highest BCUT2D eigenvalue weighted by Gasteiger charge is 2.47. The van der Waals surface area contributed by atoms with Gasteiger partial charge in [0, 0.05) is 33.8 Å². The number of hydrogen-bond donors (Lipinski definition) is 3. The second-order valence-corrected chi connectivity index (χ2v) is 11.4. The number of esters is 1. The minimum atomic E-state index is -1.15. The Morgan fingerprint density at radius 3 is 2.34 bits per heavy atom. The zero-order valence-electron chi connectivity index (χ0n) is 25.7. The number of hydrogen-bond acceptors (Lipinski definition) is 7. The van der Waals surface area contributed by atoms with Crippen molar-refractivity contribution in [2.75, 3.05) is 7.11 Å². The molecular formula is C35H34N4O5. The third kappa shape index (κ3) is 4.25. The number of aromatic amines is 1. The van der Waals surface area contributed by atoms with E-state index in [0.29, 0.717) is 45.1 Å². The molecule has 1 aliphatic carbocycles. The predicted molar refractivity (Wildman–Crippen MR) is 172 cm³/mol. The fourth-order valence-electron chi connectivity index (χ4n) is 6.65. The zero-order valence-corrected chi connectivity index (χ0v) is 25.7. The number of aliphatic imine (C=N–C) groups is 3. The lowest BCUT2D eigenvalue weighted by Gasteiger charge is -2.15. The molecule has 3 N–H and O–H groups in total. The van der Waals surface area contributed by atoms with Gasteiger partial charge < -0.3 is 19.9 Å². The highest BCUT2D eigenvalue weighted by atomic mass is 16.5. The molecule has 44 heavy (non-hydrogen) atoms. The van der Waals surface area contributed by atoms with Gasteiger partial charge in [-0.25, -0.2) is 15.0 Å². The van der Waals surface area contributed by atoms with Crippen molar-refractivity contribution in [2.24, 2.45) is 20.9 Å². The second-order valence-electron chi connectivity index (χ2n) is 11.4. The SMILES string of the molecule is C=Cc1c(C)c2[nH]c1=CC1=NC(=CC3=C(C)C4=C(O)[C@H](C(=O)OC)C(=C5N=C(C=2)C(C)=C5CCC(=O)O)C4=N3)C(CC)=C1C. The molecular weight excluding hydrogens is 556 g/mol. The number of nitrogens with zero attached hydrogens (tertiary/aromatic N) is 3. The van der Waals surface area contributed by atoms with Gasteiger partial charge in [-0.05, 0) is 92.2 Å². The summed E-state index contributed by atoms with van der Waals surface area (Å²) in [5, 5.41) is 22.8. The molecule has 8 bridgehead atoms.